The Labute approximate surface area is 66.8 Å². The molecule has 2 amide bonds. The monoisotopic (exact) mass is 157 g/mol. The Bertz CT molecular complexity index is 163. The molecule has 0 aliphatic rings. The van der Waals surface area contributed by atoms with E-state index in [1.54, 1.807) is 0 Å². The largest absolute Gasteiger partial charge is 0.350 e. The van der Waals surface area contributed by atoms with E-state index in [9.17, 15) is 4.79 Å². The summed E-state index contributed by atoms with van der Waals surface area (Å²) in [6.45, 7) is 6.03. The lowest BCUT2D eigenvalue weighted by Gasteiger charge is -2.02. The van der Waals surface area contributed by atoms with Gasteiger partial charge in [0.15, 0.2) is 0 Å². The first-order chi connectivity index (χ1) is 5.02. The molecule has 4 nitrogen and oxygen atoms in total. The summed E-state index contributed by atoms with van der Waals surface area (Å²) < 4.78 is 0. The summed E-state index contributed by atoms with van der Waals surface area (Å²) in [5.74, 6) is 0.549. The summed E-state index contributed by atoms with van der Waals surface area (Å²) in [4.78, 5) is 10.2. The Hall–Kier alpha value is -1.06. The molecule has 0 fully saturated rings. The topological polar surface area (TPSA) is 67.5 Å². The number of nitrogens with zero attached hydrogens (tertiary/aromatic N) is 1. The third-order valence-corrected chi connectivity index (χ3v) is 1.06. The van der Waals surface area contributed by atoms with Crippen molar-refractivity contribution in [1.82, 2.24) is 5.43 Å². The van der Waals surface area contributed by atoms with Crippen molar-refractivity contribution in [1.29, 1.82) is 0 Å². The molecule has 0 saturated carbocycles. The van der Waals surface area contributed by atoms with Crippen LogP contribution in [0.3, 0.4) is 0 Å². The molecular weight excluding hydrogens is 142 g/mol. The molecular formula is C7H15N3O. The molecule has 0 spiro atoms. The summed E-state index contributed by atoms with van der Waals surface area (Å²) in [7, 11) is 0. The van der Waals surface area contributed by atoms with Crippen LogP contribution in [-0.2, 0) is 0 Å². The van der Waals surface area contributed by atoms with Crippen LogP contribution in [0, 0.1) is 5.92 Å². The summed E-state index contributed by atoms with van der Waals surface area (Å²) in [5, 5.41) is 3.76. The van der Waals surface area contributed by atoms with Crippen molar-refractivity contribution < 1.29 is 4.79 Å². The van der Waals surface area contributed by atoms with Gasteiger partial charge in [0.05, 0.1) is 0 Å². The minimum Gasteiger partial charge on any atom is -0.350 e. The SMILES string of the molecule is CC(CC(C)C)=NNC(N)=O. The average molecular weight is 157 g/mol. The van der Waals surface area contributed by atoms with Crippen molar-refractivity contribution in [3.8, 4) is 0 Å². The van der Waals surface area contributed by atoms with Crippen LogP contribution in [0.2, 0.25) is 0 Å². The lowest BCUT2D eigenvalue weighted by atomic mass is 10.1. The molecule has 0 rings (SSSR count). The Balaban J connectivity index is 3.72. The number of rotatable bonds is 3. The standard InChI is InChI=1S/C7H15N3O/c1-5(2)4-6(3)9-10-7(8)11/h5H,4H2,1-3H3,(H3,8,10,11). The fourth-order valence-electron chi connectivity index (χ4n) is 0.787. The fourth-order valence-corrected chi connectivity index (χ4v) is 0.787. The molecule has 11 heavy (non-hydrogen) atoms. The van der Waals surface area contributed by atoms with Crippen LogP contribution in [0.5, 0.6) is 0 Å². The van der Waals surface area contributed by atoms with Gasteiger partial charge in [0.2, 0.25) is 0 Å². The van der Waals surface area contributed by atoms with Crippen LogP contribution in [0.4, 0.5) is 4.79 Å². The summed E-state index contributed by atoms with van der Waals surface area (Å²) in [6.07, 6.45) is 0.875. The highest BCUT2D eigenvalue weighted by Gasteiger charge is 1.96. The number of primary amides is 1. The van der Waals surface area contributed by atoms with Crippen LogP contribution in [0.25, 0.3) is 0 Å². The van der Waals surface area contributed by atoms with Crippen molar-refractivity contribution in [2.45, 2.75) is 27.2 Å². The van der Waals surface area contributed by atoms with Crippen molar-refractivity contribution in [3.63, 3.8) is 0 Å². The smallest absolute Gasteiger partial charge is 0.332 e. The Morgan fingerprint density at radius 3 is 2.55 bits per heavy atom. The molecule has 64 valence electrons. The van der Waals surface area contributed by atoms with Gasteiger partial charge in [-0.2, -0.15) is 5.10 Å². The van der Waals surface area contributed by atoms with Gasteiger partial charge in [0, 0.05) is 5.71 Å². The maximum absolute atomic E-state index is 10.2. The lowest BCUT2D eigenvalue weighted by molar-refractivity contribution is 0.249. The number of nitrogens with one attached hydrogen (secondary N) is 1. The number of nitrogens with two attached hydrogens (primary N) is 1. The first-order valence-corrected chi connectivity index (χ1v) is 3.61. The lowest BCUT2D eigenvalue weighted by Crippen LogP contribution is -2.25. The van der Waals surface area contributed by atoms with E-state index in [0.717, 1.165) is 12.1 Å². The summed E-state index contributed by atoms with van der Waals surface area (Å²) in [5.41, 5.74) is 7.88. The third-order valence-electron chi connectivity index (χ3n) is 1.06. The van der Waals surface area contributed by atoms with E-state index in [2.05, 4.69) is 24.4 Å². The quantitative estimate of drug-likeness (QED) is 0.467. The molecule has 0 radical (unpaired) electrons. The average Bonchev–Trinajstić information content (AvgIpc) is 1.82. The molecule has 0 bridgehead atoms. The van der Waals surface area contributed by atoms with Crippen molar-refractivity contribution in [3.05, 3.63) is 0 Å². The molecule has 0 heterocycles. The third kappa shape index (κ3) is 6.83. The molecule has 0 aromatic carbocycles. The number of hydrazone groups is 1. The molecule has 0 aromatic rings. The predicted molar refractivity (Wildman–Crippen MR) is 45.3 cm³/mol. The molecule has 0 aliphatic heterocycles. The molecule has 0 aliphatic carbocycles. The maximum Gasteiger partial charge on any atom is 0.332 e. The molecule has 0 saturated heterocycles. The van der Waals surface area contributed by atoms with E-state index >= 15 is 0 Å². The van der Waals surface area contributed by atoms with E-state index in [0.29, 0.717) is 5.92 Å². The molecule has 4 heteroatoms. The number of carbonyl (C=O) groups excluding carboxylic acids is 1. The highest BCUT2D eigenvalue weighted by atomic mass is 16.2. The molecule has 0 unspecified atom stereocenters. The van der Waals surface area contributed by atoms with E-state index in [1.807, 2.05) is 6.92 Å². The second-order valence-corrected chi connectivity index (χ2v) is 2.92. The highest BCUT2D eigenvalue weighted by molar-refractivity contribution is 5.83. The summed E-state index contributed by atoms with van der Waals surface area (Å²) >= 11 is 0. The van der Waals surface area contributed by atoms with Gasteiger partial charge < -0.3 is 5.73 Å². The zero-order chi connectivity index (χ0) is 8.85. The zero-order valence-electron chi connectivity index (χ0n) is 7.22. The second kappa shape index (κ2) is 4.71. The number of hydrogen-bond donors (Lipinski definition) is 2. The van der Waals surface area contributed by atoms with Gasteiger partial charge in [-0.15, -0.1) is 0 Å². The van der Waals surface area contributed by atoms with Gasteiger partial charge in [-0.1, -0.05) is 13.8 Å². The van der Waals surface area contributed by atoms with Crippen LogP contribution >= 0.6 is 0 Å². The van der Waals surface area contributed by atoms with Crippen molar-refractivity contribution in [2.75, 3.05) is 0 Å². The van der Waals surface area contributed by atoms with Gasteiger partial charge in [0.1, 0.15) is 0 Å². The Morgan fingerprint density at radius 1 is 1.64 bits per heavy atom. The van der Waals surface area contributed by atoms with Gasteiger partial charge >= 0.3 is 6.03 Å². The number of hydrogen-bond acceptors (Lipinski definition) is 2. The first kappa shape index (κ1) is 9.94. The number of carbonyl (C=O) groups is 1. The van der Waals surface area contributed by atoms with Gasteiger partial charge in [-0.3, -0.25) is 0 Å². The highest BCUT2D eigenvalue weighted by Crippen LogP contribution is 1.99. The minimum absolute atomic E-state index is 0.549. The first-order valence-electron chi connectivity index (χ1n) is 3.61. The van der Waals surface area contributed by atoms with Crippen LogP contribution < -0.4 is 11.2 Å². The molecule has 0 aromatic heterocycles. The number of amides is 2. The zero-order valence-corrected chi connectivity index (χ0v) is 7.22. The molecule has 0 atom stereocenters. The van der Waals surface area contributed by atoms with E-state index in [4.69, 9.17) is 5.73 Å². The predicted octanol–water partition coefficient (Wildman–Crippen LogP) is 1.08. The van der Waals surface area contributed by atoms with Gasteiger partial charge in [-0.05, 0) is 19.3 Å². The van der Waals surface area contributed by atoms with E-state index < -0.39 is 6.03 Å². The normalized spacial score (nSPS) is 11.8. The van der Waals surface area contributed by atoms with Crippen LogP contribution in [0.15, 0.2) is 5.10 Å². The molecule has 3 N–H and O–H groups in total. The summed E-state index contributed by atoms with van der Waals surface area (Å²) in [6, 6.07) is -0.617. The van der Waals surface area contributed by atoms with E-state index in [1.165, 1.54) is 0 Å². The second-order valence-electron chi connectivity index (χ2n) is 2.92. The van der Waals surface area contributed by atoms with Gasteiger partial charge in [-0.25, -0.2) is 10.2 Å². The van der Waals surface area contributed by atoms with E-state index in [-0.39, 0.29) is 0 Å². The van der Waals surface area contributed by atoms with Crippen LogP contribution in [-0.4, -0.2) is 11.7 Å². The van der Waals surface area contributed by atoms with Gasteiger partial charge in [0.25, 0.3) is 0 Å². The van der Waals surface area contributed by atoms with Crippen molar-refractivity contribution >= 4 is 11.7 Å². The number of urea groups is 1. The maximum atomic E-state index is 10.2. The minimum atomic E-state index is -0.617. The Morgan fingerprint density at radius 2 is 2.18 bits per heavy atom. The Kier molecular flexibility index (Phi) is 4.26. The van der Waals surface area contributed by atoms with Crippen LogP contribution in [0.1, 0.15) is 27.2 Å². The van der Waals surface area contributed by atoms with Crippen molar-refractivity contribution in [2.24, 2.45) is 16.8 Å². The fraction of sp³-hybridized carbons (Fsp3) is 0.714.